The van der Waals surface area contributed by atoms with Crippen molar-refractivity contribution in [2.45, 2.75) is 37.9 Å². The Kier molecular flexibility index (Phi) is 9.86. The zero-order chi connectivity index (χ0) is 15.4. The Balaban J connectivity index is 0.00000144. The highest BCUT2D eigenvalue weighted by Gasteiger charge is 2.34. The molecule has 0 unspecified atom stereocenters. The van der Waals surface area contributed by atoms with Gasteiger partial charge in [0, 0.05) is 52.5 Å². The molecule has 0 aromatic carbocycles. The van der Waals surface area contributed by atoms with Gasteiger partial charge in [0.05, 0.1) is 6.10 Å². The fourth-order valence-corrected chi connectivity index (χ4v) is 3.71. The molecule has 0 aromatic heterocycles. The molecule has 3 aliphatic heterocycles. The molecule has 142 valence electrons. The Morgan fingerprint density at radius 3 is 2.25 bits per heavy atom. The molecule has 0 aliphatic carbocycles. The number of carbonyl (C=O) groups excluding carboxylic acids is 1. The number of halogens is 2. The van der Waals surface area contributed by atoms with Crippen LogP contribution in [0.2, 0.25) is 0 Å². The zero-order valence-corrected chi connectivity index (χ0v) is 15.9. The van der Waals surface area contributed by atoms with Crippen LogP contribution in [0.15, 0.2) is 0 Å². The third-order valence-corrected chi connectivity index (χ3v) is 5.19. The molecular formula is C16H31Cl2N3O3. The molecular weight excluding hydrogens is 353 g/mol. The summed E-state index contributed by atoms with van der Waals surface area (Å²) in [5.41, 5.74) is 5.62. The van der Waals surface area contributed by atoms with Crippen LogP contribution in [0.5, 0.6) is 0 Å². The van der Waals surface area contributed by atoms with Crippen LogP contribution in [-0.4, -0.2) is 80.4 Å². The maximum atomic E-state index is 12.5. The minimum Gasteiger partial charge on any atom is -0.381 e. The van der Waals surface area contributed by atoms with Gasteiger partial charge in [0.15, 0.2) is 0 Å². The van der Waals surface area contributed by atoms with Crippen molar-refractivity contribution < 1.29 is 14.3 Å². The summed E-state index contributed by atoms with van der Waals surface area (Å²) in [6, 6.07) is 0. The van der Waals surface area contributed by atoms with Gasteiger partial charge in [-0.15, -0.1) is 24.8 Å². The molecule has 3 heterocycles. The van der Waals surface area contributed by atoms with Crippen molar-refractivity contribution in [3.05, 3.63) is 0 Å². The highest BCUT2D eigenvalue weighted by atomic mass is 35.5. The highest BCUT2D eigenvalue weighted by Crippen LogP contribution is 2.22. The van der Waals surface area contributed by atoms with Crippen LogP contribution < -0.4 is 5.73 Å². The van der Waals surface area contributed by atoms with Crippen molar-refractivity contribution in [1.82, 2.24) is 9.80 Å². The van der Waals surface area contributed by atoms with E-state index >= 15 is 0 Å². The van der Waals surface area contributed by atoms with Gasteiger partial charge in [-0.25, -0.2) is 0 Å². The van der Waals surface area contributed by atoms with Crippen molar-refractivity contribution in [2.75, 3.05) is 52.5 Å². The van der Waals surface area contributed by atoms with E-state index in [1.54, 1.807) is 0 Å². The first-order chi connectivity index (χ1) is 10.8. The number of rotatable bonds is 4. The van der Waals surface area contributed by atoms with Crippen molar-refractivity contribution >= 4 is 30.7 Å². The molecule has 0 bridgehead atoms. The lowest BCUT2D eigenvalue weighted by atomic mass is 9.99. The minimum absolute atomic E-state index is 0. The van der Waals surface area contributed by atoms with E-state index in [0.717, 1.165) is 64.7 Å². The third kappa shape index (κ3) is 5.71. The van der Waals surface area contributed by atoms with E-state index in [-0.39, 0.29) is 42.9 Å². The smallest absolute Gasteiger partial charge is 0.251 e. The second-order valence-electron chi connectivity index (χ2n) is 6.74. The third-order valence-electron chi connectivity index (χ3n) is 5.19. The van der Waals surface area contributed by atoms with E-state index in [9.17, 15) is 4.79 Å². The van der Waals surface area contributed by atoms with Gasteiger partial charge < -0.3 is 20.1 Å². The number of hydrogen-bond acceptors (Lipinski definition) is 5. The average molecular weight is 384 g/mol. The highest BCUT2D eigenvalue weighted by molar-refractivity contribution is 5.85. The molecule has 0 spiro atoms. The van der Waals surface area contributed by atoms with Crippen molar-refractivity contribution in [3.8, 4) is 0 Å². The summed E-state index contributed by atoms with van der Waals surface area (Å²) in [4.78, 5) is 17.0. The number of nitrogens with two attached hydrogens (primary N) is 1. The molecule has 3 aliphatic rings. The Morgan fingerprint density at radius 2 is 1.67 bits per heavy atom. The summed E-state index contributed by atoms with van der Waals surface area (Å²) >= 11 is 0. The van der Waals surface area contributed by atoms with E-state index in [0.29, 0.717) is 6.54 Å². The Hall–Kier alpha value is -0.110. The van der Waals surface area contributed by atoms with Gasteiger partial charge in [-0.2, -0.15) is 0 Å². The number of hydrogen-bond donors (Lipinski definition) is 1. The lowest BCUT2D eigenvalue weighted by molar-refractivity contribution is -0.144. The van der Waals surface area contributed by atoms with Crippen LogP contribution in [0.25, 0.3) is 0 Å². The maximum absolute atomic E-state index is 12.5. The Bertz CT molecular complexity index is 376. The second kappa shape index (κ2) is 10.8. The SMILES string of the molecule is Cl.Cl.NC[C@H]1CC[C@@H](C(=O)N2CCN(CC3CCOCC3)CC2)O1. The molecule has 0 aromatic rings. The fraction of sp³-hybridized carbons (Fsp3) is 0.938. The molecule has 0 radical (unpaired) electrons. The lowest BCUT2D eigenvalue weighted by Gasteiger charge is -2.38. The number of carbonyl (C=O) groups is 1. The molecule has 2 atom stereocenters. The van der Waals surface area contributed by atoms with Crippen molar-refractivity contribution in [3.63, 3.8) is 0 Å². The molecule has 0 saturated carbocycles. The van der Waals surface area contributed by atoms with E-state index in [4.69, 9.17) is 15.2 Å². The molecule has 8 heteroatoms. The van der Waals surface area contributed by atoms with Crippen LogP contribution >= 0.6 is 24.8 Å². The van der Waals surface area contributed by atoms with Crippen LogP contribution in [0.1, 0.15) is 25.7 Å². The first kappa shape index (κ1) is 21.9. The summed E-state index contributed by atoms with van der Waals surface area (Å²) in [6.45, 7) is 7.11. The van der Waals surface area contributed by atoms with Gasteiger partial charge in [-0.3, -0.25) is 9.69 Å². The predicted octanol–water partition coefficient (Wildman–Crippen LogP) is 0.907. The van der Waals surface area contributed by atoms with Gasteiger partial charge in [0.1, 0.15) is 6.10 Å². The summed E-state index contributed by atoms with van der Waals surface area (Å²) < 4.78 is 11.1. The molecule has 3 saturated heterocycles. The standard InChI is InChI=1S/C16H29N3O3.2ClH/c17-11-14-1-2-15(22-14)16(20)19-7-5-18(6-8-19)12-13-3-9-21-10-4-13;;/h13-15H,1-12,17H2;2*1H/t14-,15+;;/m1../s1. The quantitative estimate of drug-likeness (QED) is 0.781. The van der Waals surface area contributed by atoms with Gasteiger partial charge in [-0.05, 0) is 31.6 Å². The summed E-state index contributed by atoms with van der Waals surface area (Å²) in [7, 11) is 0. The lowest BCUT2D eigenvalue weighted by Crippen LogP contribution is -2.52. The van der Waals surface area contributed by atoms with E-state index in [2.05, 4.69) is 4.90 Å². The van der Waals surface area contributed by atoms with Gasteiger partial charge in [0.25, 0.3) is 5.91 Å². The van der Waals surface area contributed by atoms with E-state index in [1.807, 2.05) is 4.90 Å². The van der Waals surface area contributed by atoms with Crippen molar-refractivity contribution in [1.29, 1.82) is 0 Å². The first-order valence-corrected chi connectivity index (χ1v) is 8.70. The number of nitrogens with zero attached hydrogens (tertiary/aromatic N) is 2. The van der Waals surface area contributed by atoms with Gasteiger partial charge in [-0.1, -0.05) is 0 Å². The monoisotopic (exact) mass is 383 g/mol. The number of piperazine rings is 1. The van der Waals surface area contributed by atoms with Gasteiger partial charge >= 0.3 is 0 Å². The summed E-state index contributed by atoms with van der Waals surface area (Å²) in [5, 5.41) is 0. The number of ether oxygens (including phenoxy) is 2. The molecule has 3 fully saturated rings. The largest absolute Gasteiger partial charge is 0.381 e. The molecule has 6 nitrogen and oxygen atoms in total. The second-order valence-corrected chi connectivity index (χ2v) is 6.74. The Morgan fingerprint density at radius 1 is 1.00 bits per heavy atom. The van der Waals surface area contributed by atoms with Gasteiger partial charge in [0.2, 0.25) is 0 Å². The zero-order valence-electron chi connectivity index (χ0n) is 14.2. The average Bonchev–Trinajstić information content (AvgIpc) is 3.05. The molecule has 3 rings (SSSR count). The van der Waals surface area contributed by atoms with E-state index < -0.39 is 0 Å². The first-order valence-electron chi connectivity index (χ1n) is 8.70. The molecule has 24 heavy (non-hydrogen) atoms. The topological polar surface area (TPSA) is 68.0 Å². The van der Waals surface area contributed by atoms with Crippen LogP contribution in [0.4, 0.5) is 0 Å². The fourth-order valence-electron chi connectivity index (χ4n) is 3.71. The van der Waals surface area contributed by atoms with Crippen LogP contribution in [-0.2, 0) is 14.3 Å². The normalized spacial score (nSPS) is 29.0. The molecule has 1 amide bonds. The number of amides is 1. The van der Waals surface area contributed by atoms with Crippen LogP contribution in [0, 0.1) is 5.92 Å². The minimum atomic E-state index is -0.254. The van der Waals surface area contributed by atoms with Crippen molar-refractivity contribution in [2.24, 2.45) is 11.7 Å². The molecule has 2 N–H and O–H groups in total. The summed E-state index contributed by atoms with van der Waals surface area (Å²) in [6.07, 6.45) is 3.91. The predicted molar refractivity (Wildman–Crippen MR) is 98.0 cm³/mol. The van der Waals surface area contributed by atoms with E-state index in [1.165, 1.54) is 12.8 Å². The summed E-state index contributed by atoms with van der Waals surface area (Å²) in [5.74, 6) is 0.932. The maximum Gasteiger partial charge on any atom is 0.251 e. The Labute approximate surface area is 157 Å². The van der Waals surface area contributed by atoms with Crippen LogP contribution in [0.3, 0.4) is 0 Å².